The average Bonchev–Trinajstić information content (AvgIpc) is 2.62. The first-order chi connectivity index (χ1) is 12.1. The summed E-state index contributed by atoms with van der Waals surface area (Å²) in [7, 11) is 0. The molecule has 0 atom stereocenters. The van der Waals surface area contributed by atoms with Gasteiger partial charge >= 0.3 is 5.97 Å². The maximum absolute atomic E-state index is 12.9. The number of hydrogen-bond acceptors (Lipinski definition) is 5. The maximum atomic E-state index is 12.9. The molecule has 2 rings (SSSR count). The van der Waals surface area contributed by atoms with Gasteiger partial charge in [0.05, 0.1) is 13.2 Å². The first-order valence-corrected chi connectivity index (χ1v) is 7.69. The molecule has 1 aromatic carbocycles. The summed E-state index contributed by atoms with van der Waals surface area (Å²) in [5.74, 6) is -0.347. The molecule has 0 aliphatic heterocycles. The molecule has 138 valence electrons. The Morgan fingerprint density at radius 1 is 1.31 bits per heavy atom. The van der Waals surface area contributed by atoms with Crippen LogP contribution in [0.5, 0.6) is 0 Å². The van der Waals surface area contributed by atoms with Crippen molar-refractivity contribution in [2.24, 2.45) is 10.7 Å². The number of esters is 1. The summed E-state index contributed by atoms with van der Waals surface area (Å²) >= 11 is 0. The van der Waals surface area contributed by atoms with Crippen LogP contribution in [-0.2, 0) is 16.1 Å². The van der Waals surface area contributed by atoms with Crippen LogP contribution in [0.1, 0.15) is 19.9 Å². The number of hydrogen-bond donors (Lipinski definition) is 2. The fourth-order valence-corrected chi connectivity index (χ4v) is 1.89. The predicted octanol–water partition coefficient (Wildman–Crippen LogP) is 3.27. The van der Waals surface area contributed by atoms with Crippen LogP contribution in [0.2, 0.25) is 0 Å². The Morgan fingerprint density at radius 3 is 2.65 bits per heavy atom. The van der Waals surface area contributed by atoms with E-state index >= 15 is 0 Å². The van der Waals surface area contributed by atoms with Crippen LogP contribution in [0.3, 0.4) is 0 Å². The highest BCUT2D eigenvalue weighted by Gasteiger charge is 2.15. The Hall–Kier alpha value is -3.22. The molecule has 2 aromatic rings. The second kappa shape index (κ2) is 10.6. The maximum Gasteiger partial charge on any atom is 0.343 e. The zero-order chi connectivity index (χ0) is 18.1. The van der Waals surface area contributed by atoms with Gasteiger partial charge in [0.2, 0.25) is 0 Å². The first kappa shape index (κ1) is 20.8. The van der Waals surface area contributed by atoms with Gasteiger partial charge in [-0.05, 0) is 36.8 Å². The van der Waals surface area contributed by atoms with Gasteiger partial charge in [0, 0.05) is 12.4 Å². The zero-order valence-electron chi connectivity index (χ0n) is 13.8. The third-order valence-corrected chi connectivity index (χ3v) is 3.15. The highest BCUT2D eigenvalue weighted by atomic mass is 19.1. The molecule has 26 heavy (non-hydrogen) atoms. The molecule has 0 spiro atoms. The number of nitrogens with one attached hydrogen (secondary N) is 1. The smallest absolute Gasteiger partial charge is 0.343 e. The Morgan fingerprint density at radius 2 is 2.04 bits per heavy atom. The van der Waals surface area contributed by atoms with E-state index in [1.807, 2.05) is 0 Å². The topological polar surface area (TPSA) is 89.6 Å². The van der Waals surface area contributed by atoms with Crippen molar-refractivity contribution in [2.75, 3.05) is 11.9 Å². The van der Waals surface area contributed by atoms with Gasteiger partial charge in [-0.15, -0.1) is 0 Å². The molecule has 6 nitrogen and oxygen atoms in total. The number of pyridine rings is 1. The third kappa shape index (κ3) is 6.35. The largest absolute Gasteiger partial charge is 0.462 e. The lowest BCUT2D eigenvalue weighted by atomic mass is 10.2. The molecule has 0 bridgehead atoms. The molecular weight excluding hydrogens is 335 g/mol. The van der Waals surface area contributed by atoms with Crippen LogP contribution >= 0.6 is 0 Å². The van der Waals surface area contributed by atoms with Crippen LogP contribution in [0.25, 0.3) is 0 Å². The average molecular weight is 358 g/mol. The number of nitrogens with two attached hydrogens (primary N) is 1. The van der Waals surface area contributed by atoms with Gasteiger partial charge in [-0.3, -0.25) is 4.99 Å². The van der Waals surface area contributed by atoms with Crippen molar-refractivity contribution in [3.63, 3.8) is 0 Å². The van der Waals surface area contributed by atoms with Crippen LogP contribution in [-0.4, -0.2) is 23.4 Å². The second-order valence-corrected chi connectivity index (χ2v) is 4.97. The number of nitrogens with zero attached hydrogens (tertiary/aromatic N) is 2. The number of carbonyl (C=O) groups excluding carboxylic acids is 1. The fraction of sp³-hybridized carbons (Fsp3) is 0.211. The van der Waals surface area contributed by atoms with Gasteiger partial charge in [-0.1, -0.05) is 25.6 Å². The van der Waals surface area contributed by atoms with Crippen molar-refractivity contribution in [3.8, 4) is 0 Å². The minimum atomic E-state index is -0.591. The van der Waals surface area contributed by atoms with Crippen LogP contribution in [0.4, 0.5) is 10.2 Å². The molecule has 0 aliphatic carbocycles. The normalized spacial score (nSPS) is 11.5. The molecule has 0 aliphatic rings. The Labute approximate surface area is 152 Å². The summed E-state index contributed by atoms with van der Waals surface area (Å²) in [4.78, 5) is 20.4. The van der Waals surface area contributed by atoms with Crippen molar-refractivity contribution in [1.82, 2.24) is 4.98 Å². The van der Waals surface area contributed by atoms with E-state index in [1.165, 1.54) is 18.3 Å². The summed E-state index contributed by atoms with van der Waals surface area (Å²) < 4.78 is 17.9. The summed E-state index contributed by atoms with van der Waals surface area (Å²) in [6, 6.07) is 11.2. The predicted molar refractivity (Wildman–Crippen MR) is 101 cm³/mol. The summed E-state index contributed by atoms with van der Waals surface area (Å²) in [5.41, 5.74) is 6.80. The van der Waals surface area contributed by atoms with E-state index in [4.69, 9.17) is 10.5 Å². The molecule has 1 aromatic heterocycles. The molecule has 0 fully saturated rings. The minimum Gasteiger partial charge on any atom is -0.462 e. The van der Waals surface area contributed by atoms with Gasteiger partial charge < -0.3 is 15.8 Å². The lowest BCUT2D eigenvalue weighted by Gasteiger charge is -2.08. The number of carbonyl (C=O) groups is 1. The van der Waals surface area contributed by atoms with Gasteiger partial charge in [-0.25, -0.2) is 14.2 Å². The number of amidine groups is 1. The van der Waals surface area contributed by atoms with Crippen LogP contribution in [0.15, 0.2) is 65.4 Å². The van der Waals surface area contributed by atoms with Crippen molar-refractivity contribution >= 4 is 17.6 Å². The highest BCUT2D eigenvalue weighted by Crippen LogP contribution is 2.07. The molecule has 3 N–H and O–H groups in total. The standard InChI is InChI=1S/C18H19FN4O2.CH4/c1-2-25-18(24)15(12-22-16-5-3-4-10-21-16)17(20)23-11-13-6-8-14(19)9-7-13;/h3-10,12H,2,11H2,1H3,(H2,20,23)(H,21,22);1H4/b15-12+;. The number of benzene rings is 1. The van der Waals surface area contributed by atoms with E-state index in [0.29, 0.717) is 5.82 Å². The van der Waals surface area contributed by atoms with Crippen LogP contribution < -0.4 is 11.1 Å². The molecule has 0 radical (unpaired) electrons. The van der Waals surface area contributed by atoms with Gasteiger partial charge in [0.25, 0.3) is 0 Å². The molecule has 1 heterocycles. The lowest BCUT2D eigenvalue weighted by Crippen LogP contribution is -2.24. The van der Waals surface area contributed by atoms with E-state index in [-0.39, 0.29) is 37.8 Å². The van der Waals surface area contributed by atoms with E-state index < -0.39 is 5.97 Å². The van der Waals surface area contributed by atoms with E-state index in [0.717, 1.165) is 5.56 Å². The zero-order valence-corrected chi connectivity index (χ0v) is 13.8. The number of rotatable bonds is 7. The second-order valence-electron chi connectivity index (χ2n) is 4.97. The molecule has 0 unspecified atom stereocenters. The highest BCUT2D eigenvalue weighted by molar-refractivity contribution is 6.18. The van der Waals surface area contributed by atoms with E-state index in [1.54, 1.807) is 43.5 Å². The van der Waals surface area contributed by atoms with Gasteiger partial charge in [0.15, 0.2) is 0 Å². The lowest BCUT2D eigenvalue weighted by molar-refractivity contribution is -0.137. The Bertz CT molecular complexity index is 759. The molecule has 0 saturated carbocycles. The molecule has 0 amide bonds. The van der Waals surface area contributed by atoms with Crippen molar-refractivity contribution in [2.45, 2.75) is 20.9 Å². The monoisotopic (exact) mass is 358 g/mol. The van der Waals surface area contributed by atoms with Gasteiger partial charge in [0.1, 0.15) is 23.0 Å². The number of halogens is 1. The van der Waals surface area contributed by atoms with Crippen LogP contribution in [0, 0.1) is 5.82 Å². The molecular formula is C19H23FN4O2. The van der Waals surface area contributed by atoms with Crippen molar-refractivity contribution in [1.29, 1.82) is 0 Å². The third-order valence-electron chi connectivity index (χ3n) is 3.15. The Balaban J connectivity index is 0.00000338. The first-order valence-electron chi connectivity index (χ1n) is 7.69. The summed E-state index contributed by atoms with van der Waals surface area (Å²) in [6.07, 6.45) is 3.02. The van der Waals surface area contributed by atoms with E-state index in [9.17, 15) is 9.18 Å². The molecule has 7 heteroatoms. The number of aliphatic imine (C=N–C) groups is 1. The minimum absolute atomic E-state index is 0. The molecule has 0 saturated heterocycles. The van der Waals surface area contributed by atoms with Crippen molar-refractivity contribution < 1.29 is 13.9 Å². The van der Waals surface area contributed by atoms with Gasteiger partial charge in [-0.2, -0.15) is 0 Å². The fourth-order valence-electron chi connectivity index (χ4n) is 1.89. The summed E-state index contributed by atoms with van der Waals surface area (Å²) in [6.45, 7) is 2.13. The summed E-state index contributed by atoms with van der Waals surface area (Å²) in [5, 5.41) is 2.89. The van der Waals surface area contributed by atoms with Crippen molar-refractivity contribution in [3.05, 3.63) is 71.8 Å². The number of anilines is 1. The SMILES string of the molecule is C.CCOC(=O)/C(=C/Nc1ccccn1)C(N)=NCc1ccc(F)cc1. The number of aromatic nitrogens is 1. The van der Waals surface area contributed by atoms with E-state index in [2.05, 4.69) is 15.3 Å². The Kier molecular flexibility index (Phi) is 8.49. The number of ether oxygens (including phenoxy) is 1. The quantitative estimate of drug-likeness (QED) is 0.343.